The van der Waals surface area contributed by atoms with Gasteiger partial charge in [-0.1, -0.05) is 0 Å². The standard InChI is InChI=1S/C9H14O5/c1-9(2)13-6-4(11)3(10)5-7(12-5)8(6)14-9/h3-8,10-11H,1-2H3/t3-,4-,5-,6-,7-,8-/m0/s1. The van der Waals surface area contributed by atoms with Gasteiger partial charge in [0.05, 0.1) is 0 Å². The minimum absolute atomic E-state index is 0.111. The van der Waals surface area contributed by atoms with E-state index in [-0.39, 0.29) is 18.3 Å². The molecule has 80 valence electrons. The van der Waals surface area contributed by atoms with E-state index >= 15 is 0 Å². The van der Waals surface area contributed by atoms with Crippen molar-refractivity contribution in [2.24, 2.45) is 0 Å². The number of aliphatic hydroxyl groups is 2. The normalized spacial score (nSPS) is 59.1. The Morgan fingerprint density at radius 3 is 2.14 bits per heavy atom. The lowest BCUT2D eigenvalue weighted by molar-refractivity contribution is -0.162. The molecule has 1 aliphatic carbocycles. The molecular weight excluding hydrogens is 188 g/mol. The van der Waals surface area contributed by atoms with Gasteiger partial charge in [0.1, 0.15) is 36.6 Å². The van der Waals surface area contributed by atoms with Crippen LogP contribution in [0.3, 0.4) is 0 Å². The van der Waals surface area contributed by atoms with Crippen LogP contribution in [-0.4, -0.2) is 52.6 Å². The molecular formula is C9H14O5. The summed E-state index contributed by atoms with van der Waals surface area (Å²) in [4.78, 5) is 0. The molecule has 0 spiro atoms. The Kier molecular flexibility index (Phi) is 1.61. The van der Waals surface area contributed by atoms with Crippen LogP contribution < -0.4 is 0 Å². The third-order valence-corrected chi connectivity index (χ3v) is 3.07. The lowest BCUT2D eigenvalue weighted by Crippen LogP contribution is -2.52. The molecule has 5 nitrogen and oxygen atoms in total. The highest BCUT2D eigenvalue weighted by Gasteiger charge is 2.65. The number of hydrogen-bond donors (Lipinski definition) is 2. The lowest BCUT2D eigenvalue weighted by atomic mass is 9.90. The van der Waals surface area contributed by atoms with E-state index in [2.05, 4.69) is 0 Å². The number of rotatable bonds is 0. The quantitative estimate of drug-likeness (QED) is 0.493. The Morgan fingerprint density at radius 1 is 0.857 bits per heavy atom. The van der Waals surface area contributed by atoms with Crippen LogP contribution in [0.4, 0.5) is 0 Å². The SMILES string of the molecule is CC1(C)O[C@@H]2[C@H]3O[C@H]3[C@@H](O)[C@H](O)[C@@H]2O1. The minimum atomic E-state index is -0.912. The summed E-state index contributed by atoms with van der Waals surface area (Å²) in [5, 5.41) is 19.3. The van der Waals surface area contributed by atoms with Crippen LogP contribution in [0.25, 0.3) is 0 Å². The highest BCUT2D eigenvalue weighted by atomic mass is 16.8. The summed E-state index contributed by atoms with van der Waals surface area (Å²) in [6.07, 6.45) is -2.86. The molecule has 0 aromatic rings. The van der Waals surface area contributed by atoms with E-state index in [0.717, 1.165) is 0 Å². The fourth-order valence-corrected chi connectivity index (χ4v) is 2.40. The summed E-state index contributed by atoms with van der Waals surface area (Å²) in [5.41, 5.74) is 0. The van der Waals surface area contributed by atoms with Gasteiger partial charge < -0.3 is 24.4 Å². The van der Waals surface area contributed by atoms with Gasteiger partial charge in [-0.05, 0) is 13.8 Å². The topological polar surface area (TPSA) is 71.5 Å². The van der Waals surface area contributed by atoms with Gasteiger partial charge in [0.2, 0.25) is 0 Å². The highest BCUT2D eigenvalue weighted by Crippen LogP contribution is 2.46. The fraction of sp³-hybridized carbons (Fsp3) is 1.00. The fourth-order valence-electron chi connectivity index (χ4n) is 2.40. The molecule has 5 heteroatoms. The van der Waals surface area contributed by atoms with Gasteiger partial charge in [-0.25, -0.2) is 0 Å². The van der Waals surface area contributed by atoms with E-state index in [0.29, 0.717) is 0 Å². The van der Waals surface area contributed by atoms with Crippen molar-refractivity contribution in [1.29, 1.82) is 0 Å². The largest absolute Gasteiger partial charge is 0.387 e. The van der Waals surface area contributed by atoms with Crippen molar-refractivity contribution in [3.05, 3.63) is 0 Å². The molecule has 3 fully saturated rings. The van der Waals surface area contributed by atoms with Crippen molar-refractivity contribution in [1.82, 2.24) is 0 Å². The maximum absolute atomic E-state index is 9.74. The number of fused-ring (bicyclic) bond motifs is 3. The summed E-state index contributed by atoms with van der Waals surface area (Å²) < 4.78 is 16.4. The van der Waals surface area contributed by atoms with Gasteiger partial charge in [0.25, 0.3) is 0 Å². The first-order valence-electron chi connectivity index (χ1n) is 4.87. The van der Waals surface area contributed by atoms with E-state index < -0.39 is 24.1 Å². The van der Waals surface area contributed by atoms with Crippen molar-refractivity contribution in [3.63, 3.8) is 0 Å². The zero-order chi connectivity index (χ0) is 10.1. The van der Waals surface area contributed by atoms with Gasteiger partial charge >= 0.3 is 0 Å². The van der Waals surface area contributed by atoms with E-state index in [1.807, 2.05) is 0 Å². The summed E-state index contributed by atoms with van der Waals surface area (Å²) in [6.45, 7) is 3.59. The molecule has 0 aromatic heterocycles. The number of ether oxygens (including phenoxy) is 3. The second-order valence-electron chi connectivity index (χ2n) is 4.61. The molecule has 2 saturated heterocycles. The van der Waals surface area contributed by atoms with Crippen molar-refractivity contribution < 1.29 is 24.4 Å². The van der Waals surface area contributed by atoms with Crippen molar-refractivity contribution in [2.75, 3.05) is 0 Å². The molecule has 3 rings (SSSR count). The highest BCUT2D eigenvalue weighted by molar-refractivity contribution is 5.11. The van der Waals surface area contributed by atoms with Crippen LogP contribution in [0.2, 0.25) is 0 Å². The van der Waals surface area contributed by atoms with Gasteiger partial charge in [-0.3, -0.25) is 0 Å². The molecule has 0 bridgehead atoms. The Hall–Kier alpha value is -0.200. The Bertz CT molecular complexity index is 266. The predicted molar refractivity (Wildman–Crippen MR) is 44.5 cm³/mol. The average Bonchev–Trinajstić information content (AvgIpc) is 2.81. The monoisotopic (exact) mass is 202 g/mol. The van der Waals surface area contributed by atoms with Gasteiger partial charge in [-0.15, -0.1) is 0 Å². The Balaban J connectivity index is 1.87. The average molecular weight is 202 g/mol. The molecule has 0 amide bonds. The van der Waals surface area contributed by atoms with Crippen molar-refractivity contribution >= 4 is 0 Å². The zero-order valence-electron chi connectivity index (χ0n) is 8.08. The molecule has 3 aliphatic rings. The van der Waals surface area contributed by atoms with E-state index in [1.165, 1.54) is 0 Å². The van der Waals surface area contributed by atoms with Gasteiger partial charge in [-0.2, -0.15) is 0 Å². The summed E-state index contributed by atoms with van der Waals surface area (Å²) in [5.74, 6) is -0.698. The second-order valence-corrected chi connectivity index (χ2v) is 4.61. The minimum Gasteiger partial charge on any atom is -0.387 e. The van der Waals surface area contributed by atoms with Crippen LogP contribution in [0.15, 0.2) is 0 Å². The van der Waals surface area contributed by atoms with Gasteiger partial charge in [0, 0.05) is 0 Å². The maximum atomic E-state index is 9.74. The molecule has 1 saturated carbocycles. The van der Waals surface area contributed by atoms with Crippen molar-refractivity contribution in [3.8, 4) is 0 Å². The van der Waals surface area contributed by atoms with Gasteiger partial charge in [0.15, 0.2) is 5.79 Å². The summed E-state index contributed by atoms with van der Waals surface area (Å²) >= 11 is 0. The van der Waals surface area contributed by atoms with E-state index in [9.17, 15) is 10.2 Å². The molecule has 2 heterocycles. The second kappa shape index (κ2) is 2.48. The number of aliphatic hydroxyl groups excluding tert-OH is 2. The smallest absolute Gasteiger partial charge is 0.164 e. The lowest BCUT2D eigenvalue weighted by Gasteiger charge is -2.28. The molecule has 0 aromatic carbocycles. The van der Waals surface area contributed by atoms with E-state index in [1.54, 1.807) is 13.8 Å². The molecule has 6 atom stereocenters. The summed E-state index contributed by atoms with van der Waals surface area (Å²) in [7, 11) is 0. The maximum Gasteiger partial charge on any atom is 0.164 e. The van der Waals surface area contributed by atoms with E-state index in [4.69, 9.17) is 14.2 Å². The predicted octanol–water partition coefficient (Wildman–Crippen LogP) is -0.991. The van der Waals surface area contributed by atoms with Crippen LogP contribution in [0.5, 0.6) is 0 Å². The molecule has 2 aliphatic heterocycles. The molecule has 2 N–H and O–H groups in total. The third kappa shape index (κ3) is 1.07. The number of hydrogen-bond acceptors (Lipinski definition) is 5. The van der Waals surface area contributed by atoms with Crippen LogP contribution in [0, 0.1) is 0 Å². The number of epoxide rings is 1. The summed E-state index contributed by atoms with van der Waals surface area (Å²) in [6, 6.07) is 0. The first kappa shape index (κ1) is 9.06. The van der Waals surface area contributed by atoms with Crippen LogP contribution in [-0.2, 0) is 14.2 Å². The third-order valence-electron chi connectivity index (χ3n) is 3.07. The molecule has 0 unspecified atom stereocenters. The first-order chi connectivity index (χ1) is 6.49. The molecule has 14 heavy (non-hydrogen) atoms. The first-order valence-corrected chi connectivity index (χ1v) is 4.87. The van der Waals surface area contributed by atoms with Crippen molar-refractivity contribution in [2.45, 2.75) is 56.3 Å². The zero-order valence-corrected chi connectivity index (χ0v) is 8.08. The Labute approximate surface area is 81.6 Å². The molecule has 0 radical (unpaired) electrons. The Morgan fingerprint density at radius 2 is 1.43 bits per heavy atom. The van der Waals surface area contributed by atoms with Crippen LogP contribution in [0.1, 0.15) is 13.8 Å². The van der Waals surface area contributed by atoms with Crippen LogP contribution >= 0.6 is 0 Å².